The fourth-order valence-corrected chi connectivity index (χ4v) is 3.49. The zero-order chi connectivity index (χ0) is 12.1. The van der Waals surface area contributed by atoms with Crippen LogP contribution in [-0.2, 0) is 0 Å². The third kappa shape index (κ3) is 3.59. The highest BCUT2D eigenvalue weighted by Gasteiger charge is 2.14. The number of hydrogen-bond acceptors (Lipinski definition) is 2. The summed E-state index contributed by atoms with van der Waals surface area (Å²) in [5.41, 5.74) is 1.20. The van der Waals surface area contributed by atoms with Crippen LogP contribution in [0.2, 0.25) is 0 Å². The summed E-state index contributed by atoms with van der Waals surface area (Å²) in [6.07, 6.45) is 1.89. The molecule has 0 saturated heterocycles. The second kappa shape index (κ2) is 5.99. The van der Waals surface area contributed by atoms with E-state index in [-0.39, 0.29) is 9.52 Å². The molecule has 0 aliphatic rings. The highest BCUT2D eigenvalue weighted by atomic mass is 28.2. The van der Waals surface area contributed by atoms with E-state index in [0.29, 0.717) is 5.79 Å². The van der Waals surface area contributed by atoms with Gasteiger partial charge in [-0.2, -0.15) is 0 Å². The second-order valence-electron chi connectivity index (χ2n) is 4.56. The molecule has 3 heteroatoms. The summed E-state index contributed by atoms with van der Waals surface area (Å²) in [5, 5.41) is 1.50. The zero-order valence-electron chi connectivity index (χ0n) is 10.8. The van der Waals surface area contributed by atoms with Crippen molar-refractivity contribution in [1.29, 1.82) is 0 Å². The Bertz CT molecular complexity index is 322. The van der Waals surface area contributed by atoms with Crippen molar-refractivity contribution < 1.29 is 0 Å². The number of hydrogen-bond donors (Lipinski definition) is 0. The average Bonchev–Trinajstić information content (AvgIpc) is 2.25. The summed E-state index contributed by atoms with van der Waals surface area (Å²) in [6, 6.07) is 8.78. The van der Waals surface area contributed by atoms with Gasteiger partial charge in [-0.25, -0.2) is 0 Å². The van der Waals surface area contributed by atoms with E-state index < -0.39 is 0 Å². The van der Waals surface area contributed by atoms with E-state index in [1.165, 1.54) is 10.8 Å². The van der Waals surface area contributed by atoms with Gasteiger partial charge in [0.05, 0.1) is 9.52 Å². The standard InChI is InChI=1S/C13H22N2Si/c1-6-11-7-9-12(10-8-11)16-13(14(2)3)15(4)5/h6-10,13H,1,16H2,2-5H3. The molecule has 0 fully saturated rings. The molecule has 2 nitrogen and oxygen atoms in total. The first-order valence-corrected chi connectivity index (χ1v) is 7.11. The highest BCUT2D eigenvalue weighted by Crippen LogP contribution is 2.00. The van der Waals surface area contributed by atoms with Crippen LogP contribution in [0.1, 0.15) is 5.56 Å². The summed E-state index contributed by atoms with van der Waals surface area (Å²) in [7, 11) is 8.30. The smallest absolute Gasteiger partial charge is 0.0922 e. The Labute approximate surface area is 101 Å². The van der Waals surface area contributed by atoms with Gasteiger partial charge in [-0.05, 0) is 33.8 Å². The second-order valence-corrected chi connectivity index (χ2v) is 6.51. The van der Waals surface area contributed by atoms with Gasteiger partial charge in [0.1, 0.15) is 0 Å². The molecule has 0 unspecified atom stereocenters. The fraction of sp³-hybridized carbons (Fsp3) is 0.385. The summed E-state index contributed by atoms with van der Waals surface area (Å²) < 4.78 is 0. The van der Waals surface area contributed by atoms with E-state index >= 15 is 0 Å². The summed E-state index contributed by atoms with van der Waals surface area (Å²) in [6.45, 7) is 3.77. The van der Waals surface area contributed by atoms with Crippen molar-refractivity contribution in [2.45, 2.75) is 5.79 Å². The molecule has 0 atom stereocenters. The van der Waals surface area contributed by atoms with Gasteiger partial charge in [0.25, 0.3) is 0 Å². The highest BCUT2D eigenvalue weighted by molar-refractivity contribution is 6.54. The molecule has 0 N–H and O–H groups in total. The van der Waals surface area contributed by atoms with Crippen LogP contribution in [0, 0.1) is 0 Å². The van der Waals surface area contributed by atoms with Gasteiger partial charge in [0.2, 0.25) is 0 Å². The van der Waals surface area contributed by atoms with Gasteiger partial charge in [-0.1, -0.05) is 42.1 Å². The summed E-state index contributed by atoms with van der Waals surface area (Å²) >= 11 is 0. The molecule has 0 spiro atoms. The van der Waals surface area contributed by atoms with Crippen molar-refractivity contribution >= 4 is 20.8 Å². The maximum atomic E-state index is 3.77. The van der Waals surface area contributed by atoms with Crippen molar-refractivity contribution in [2.75, 3.05) is 28.2 Å². The molecule has 0 heterocycles. The van der Waals surface area contributed by atoms with Crippen molar-refractivity contribution in [3.63, 3.8) is 0 Å². The first-order chi connectivity index (χ1) is 7.54. The molecule has 0 radical (unpaired) electrons. The van der Waals surface area contributed by atoms with Crippen LogP contribution in [0.4, 0.5) is 0 Å². The van der Waals surface area contributed by atoms with Crippen LogP contribution in [0.3, 0.4) is 0 Å². The Morgan fingerprint density at radius 3 is 1.94 bits per heavy atom. The van der Waals surface area contributed by atoms with Crippen molar-refractivity contribution in [3.8, 4) is 0 Å². The minimum absolute atomic E-state index is 0.298. The minimum atomic E-state index is -0.298. The van der Waals surface area contributed by atoms with Crippen LogP contribution in [-0.4, -0.2) is 53.3 Å². The summed E-state index contributed by atoms with van der Waals surface area (Å²) in [5.74, 6) is 0.578. The molecule has 1 rings (SSSR count). The third-order valence-electron chi connectivity index (χ3n) is 2.83. The molecular formula is C13H22N2Si. The van der Waals surface area contributed by atoms with E-state index in [4.69, 9.17) is 0 Å². The predicted octanol–water partition coefficient (Wildman–Crippen LogP) is 0.530. The van der Waals surface area contributed by atoms with Gasteiger partial charge in [0, 0.05) is 5.79 Å². The lowest BCUT2D eigenvalue weighted by molar-refractivity contribution is 0.202. The average molecular weight is 234 g/mol. The Morgan fingerprint density at radius 1 is 1.06 bits per heavy atom. The van der Waals surface area contributed by atoms with E-state index in [2.05, 4.69) is 68.8 Å². The Hall–Kier alpha value is -0.903. The topological polar surface area (TPSA) is 6.48 Å². The van der Waals surface area contributed by atoms with Gasteiger partial charge < -0.3 is 0 Å². The number of nitrogens with zero attached hydrogens (tertiary/aromatic N) is 2. The quantitative estimate of drug-likeness (QED) is 0.542. The minimum Gasteiger partial charge on any atom is -0.297 e. The Morgan fingerprint density at radius 2 is 1.56 bits per heavy atom. The van der Waals surface area contributed by atoms with Crippen molar-refractivity contribution in [1.82, 2.24) is 9.80 Å². The van der Waals surface area contributed by atoms with Crippen molar-refractivity contribution in [2.24, 2.45) is 0 Å². The fourth-order valence-electron chi connectivity index (χ4n) is 1.83. The lowest BCUT2D eigenvalue weighted by Crippen LogP contribution is -2.48. The van der Waals surface area contributed by atoms with Crippen LogP contribution in [0.15, 0.2) is 30.8 Å². The van der Waals surface area contributed by atoms with Gasteiger partial charge in [-0.15, -0.1) is 0 Å². The third-order valence-corrected chi connectivity index (χ3v) is 5.59. The molecule has 16 heavy (non-hydrogen) atoms. The molecule has 1 aromatic rings. The molecule has 1 aromatic carbocycles. The SMILES string of the molecule is C=Cc1ccc([SiH2]C(N(C)C)N(C)C)cc1. The van der Waals surface area contributed by atoms with Crippen LogP contribution in [0.25, 0.3) is 6.08 Å². The maximum absolute atomic E-state index is 3.77. The van der Waals surface area contributed by atoms with Crippen LogP contribution < -0.4 is 5.19 Å². The van der Waals surface area contributed by atoms with Gasteiger partial charge in [0.15, 0.2) is 0 Å². The van der Waals surface area contributed by atoms with Gasteiger partial charge in [-0.3, -0.25) is 9.80 Å². The normalized spacial score (nSPS) is 12.2. The maximum Gasteiger partial charge on any atom is 0.0922 e. The van der Waals surface area contributed by atoms with Crippen LogP contribution >= 0.6 is 0 Å². The number of rotatable bonds is 5. The predicted molar refractivity (Wildman–Crippen MR) is 75.9 cm³/mol. The first-order valence-electron chi connectivity index (χ1n) is 5.59. The molecule has 88 valence electrons. The van der Waals surface area contributed by atoms with E-state index in [9.17, 15) is 0 Å². The molecule has 0 amide bonds. The Kier molecular flexibility index (Phi) is 4.93. The monoisotopic (exact) mass is 234 g/mol. The Balaban J connectivity index is 2.73. The summed E-state index contributed by atoms with van der Waals surface area (Å²) in [4.78, 5) is 4.60. The molecule has 0 bridgehead atoms. The largest absolute Gasteiger partial charge is 0.297 e. The van der Waals surface area contributed by atoms with E-state index in [0.717, 1.165) is 0 Å². The molecule has 0 aliphatic heterocycles. The first kappa shape index (κ1) is 13.2. The molecule has 0 saturated carbocycles. The lowest BCUT2D eigenvalue weighted by atomic mass is 10.2. The van der Waals surface area contributed by atoms with E-state index in [1.54, 1.807) is 0 Å². The molecule has 0 aromatic heterocycles. The zero-order valence-corrected chi connectivity index (χ0v) is 12.2. The van der Waals surface area contributed by atoms with Gasteiger partial charge >= 0.3 is 0 Å². The molecular weight excluding hydrogens is 212 g/mol. The number of benzene rings is 1. The van der Waals surface area contributed by atoms with E-state index in [1.807, 2.05) is 6.08 Å². The molecule has 0 aliphatic carbocycles. The lowest BCUT2D eigenvalue weighted by Gasteiger charge is -2.30. The van der Waals surface area contributed by atoms with Crippen LogP contribution in [0.5, 0.6) is 0 Å². The van der Waals surface area contributed by atoms with Crippen molar-refractivity contribution in [3.05, 3.63) is 36.4 Å².